The van der Waals surface area contributed by atoms with E-state index in [1.807, 2.05) is 0 Å². The van der Waals surface area contributed by atoms with E-state index in [0.29, 0.717) is 0 Å². The number of benzene rings is 6. The maximum atomic E-state index is 2.49. The van der Waals surface area contributed by atoms with Gasteiger partial charge in [0.05, 0.1) is 5.41 Å². The number of fused-ring (bicyclic) bond motifs is 9. The first-order chi connectivity index (χ1) is 21.3. The Morgan fingerprint density at radius 3 is 1.28 bits per heavy atom. The van der Waals surface area contributed by atoms with Crippen LogP contribution in [0.5, 0.6) is 0 Å². The summed E-state index contributed by atoms with van der Waals surface area (Å²) in [5, 5.41) is 5.27. The van der Waals surface area contributed by atoms with E-state index in [9.17, 15) is 0 Å². The third kappa shape index (κ3) is 3.08. The largest absolute Gasteiger partial charge is 0.341 e. The second-order valence-electron chi connectivity index (χ2n) is 11.8. The van der Waals surface area contributed by atoms with Crippen LogP contribution in [0.2, 0.25) is 0 Å². The molecule has 0 atom stereocenters. The molecule has 8 aromatic rings. The summed E-state index contributed by atoms with van der Waals surface area (Å²) in [6.45, 7) is 6.37. The highest BCUT2D eigenvalue weighted by molar-refractivity contribution is 6.10. The summed E-state index contributed by atoms with van der Waals surface area (Å²) in [5.41, 5.74) is 12.7. The Hall–Kier alpha value is -5.08. The van der Waals surface area contributed by atoms with Crippen molar-refractivity contribution in [2.45, 2.75) is 32.4 Å². The van der Waals surface area contributed by atoms with E-state index < -0.39 is 5.41 Å². The first-order valence-corrected chi connectivity index (χ1v) is 15.5. The van der Waals surface area contributed by atoms with Crippen LogP contribution in [0.4, 0.5) is 0 Å². The van der Waals surface area contributed by atoms with Gasteiger partial charge in [0.1, 0.15) is 0 Å². The molecule has 2 aromatic heterocycles. The van der Waals surface area contributed by atoms with E-state index in [1.165, 1.54) is 77.0 Å². The smallest absolute Gasteiger partial charge is 0.0714 e. The first-order valence-electron chi connectivity index (χ1n) is 15.5. The number of rotatable bonds is 4. The van der Waals surface area contributed by atoms with Gasteiger partial charge in [-0.05, 0) is 83.6 Å². The van der Waals surface area contributed by atoms with Crippen molar-refractivity contribution in [3.63, 3.8) is 0 Å². The topological polar surface area (TPSA) is 9.86 Å². The summed E-state index contributed by atoms with van der Waals surface area (Å²) in [6.07, 6.45) is 0. The number of aromatic nitrogens is 2. The Labute approximate surface area is 251 Å². The van der Waals surface area contributed by atoms with Crippen molar-refractivity contribution in [3.05, 3.63) is 156 Å². The van der Waals surface area contributed by atoms with E-state index in [0.717, 1.165) is 13.1 Å². The van der Waals surface area contributed by atoms with Crippen LogP contribution in [0.15, 0.2) is 133 Å². The molecule has 0 radical (unpaired) electrons. The molecule has 0 spiro atoms. The van der Waals surface area contributed by atoms with Gasteiger partial charge in [0.2, 0.25) is 0 Å². The maximum Gasteiger partial charge on any atom is 0.0714 e. The molecule has 0 bridgehead atoms. The predicted octanol–water partition coefficient (Wildman–Crippen LogP) is 10.3. The minimum Gasteiger partial charge on any atom is -0.341 e. The molecule has 0 saturated carbocycles. The molecule has 0 saturated heterocycles. The fourth-order valence-electron chi connectivity index (χ4n) is 8.28. The van der Waals surface area contributed by atoms with Gasteiger partial charge in [-0.2, -0.15) is 0 Å². The molecule has 0 aliphatic heterocycles. The van der Waals surface area contributed by atoms with Crippen LogP contribution in [-0.2, 0) is 18.5 Å². The zero-order valence-corrected chi connectivity index (χ0v) is 24.5. The molecular formula is C41H32N2. The second kappa shape index (κ2) is 8.96. The van der Waals surface area contributed by atoms with Gasteiger partial charge in [0, 0.05) is 56.7 Å². The highest BCUT2D eigenvalue weighted by Gasteiger charge is 2.46. The normalized spacial score (nSPS) is 13.7. The summed E-state index contributed by atoms with van der Waals surface area (Å²) in [5.74, 6) is 0. The molecule has 1 aliphatic carbocycles. The van der Waals surface area contributed by atoms with E-state index in [2.05, 4.69) is 156 Å². The molecule has 0 unspecified atom stereocenters. The fourth-order valence-corrected chi connectivity index (χ4v) is 8.28. The van der Waals surface area contributed by atoms with Gasteiger partial charge in [0.15, 0.2) is 0 Å². The fraction of sp³-hybridized carbons (Fsp3) is 0.122. The molecule has 9 rings (SSSR count). The Morgan fingerprint density at radius 1 is 0.419 bits per heavy atom. The molecule has 206 valence electrons. The lowest BCUT2D eigenvalue weighted by Gasteiger charge is -2.34. The highest BCUT2D eigenvalue weighted by atomic mass is 15.0. The monoisotopic (exact) mass is 552 g/mol. The number of hydrogen-bond acceptors (Lipinski definition) is 0. The van der Waals surface area contributed by atoms with Crippen LogP contribution in [-0.4, -0.2) is 9.13 Å². The van der Waals surface area contributed by atoms with E-state index in [1.54, 1.807) is 0 Å². The van der Waals surface area contributed by atoms with E-state index in [-0.39, 0.29) is 0 Å². The number of nitrogens with zero attached hydrogens (tertiary/aromatic N) is 2. The average Bonchev–Trinajstić information content (AvgIpc) is 3.68. The lowest BCUT2D eigenvalue weighted by atomic mass is 9.67. The van der Waals surface area contributed by atoms with Crippen LogP contribution in [0.1, 0.15) is 36.1 Å². The molecule has 43 heavy (non-hydrogen) atoms. The van der Waals surface area contributed by atoms with Gasteiger partial charge in [-0.25, -0.2) is 0 Å². The quantitative estimate of drug-likeness (QED) is 0.206. The molecular weight excluding hydrogens is 520 g/mol. The highest BCUT2D eigenvalue weighted by Crippen LogP contribution is 2.57. The third-order valence-corrected chi connectivity index (χ3v) is 10.00. The summed E-state index contributed by atoms with van der Waals surface area (Å²) in [4.78, 5) is 0. The van der Waals surface area contributed by atoms with Crippen molar-refractivity contribution >= 4 is 43.6 Å². The van der Waals surface area contributed by atoms with Crippen LogP contribution in [0.25, 0.3) is 54.7 Å². The number of para-hydroxylation sites is 2. The van der Waals surface area contributed by atoms with Crippen molar-refractivity contribution < 1.29 is 0 Å². The summed E-state index contributed by atoms with van der Waals surface area (Å²) >= 11 is 0. The van der Waals surface area contributed by atoms with Crippen molar-refractivity contribution in [2.75, 3.05) is 0 Å². The minimum atomic E-state index is -0.444. The molecule has 2 nitrogen and oxygen atoms in total. The Balaban J connectivity index is 1.44. The van der Waals surface area contributed by atoms with E-state index >= 15 is 0 Å². The van der Waals surface area contributed by atoms with Gasteiger partial charge in [-0.3, -0.25) is 0 Å². The molecule has 0 N–H and O–H groups in total. The van der Waals surface area contributed by atoms with Crippen LogP contribution >= 0.6 is 0 Å². The van der Waals surface area contributed by atoms with Crippen LogP contribution in [0, 0.1) is 0 Å². The predicted molar refractivity (Wildman–Crippen MR) is 181 cm³/mol. The van der Waals surface area contributed by atoms with Gasteiger partial charge >= 0.3 is 0 Å². The molecule has 2 heteroatoms. The molecule has 0 amide bonds. The second-order valence-corrected chi connectivity index (χ2v) is 11.8. The molecule has 2 heterocycles. The van der Waals surface area contributed by atoms with Gasteiger partial charge in [-0.15, -0.1) is 0 Å². The third-order valence-electron chi connectivity index (χ3n) is 10.00. The summed E-state index contributed by atoms with van der Waals surface area (Å²) < 4.78 is 4.90. The zero-order valence-electron chi connectivity index (χ0n) is 24.5. The summed E-state index contributed by atoms with van der Waals surface area (Å²) in [6, 6.07) is 50.3. The Kier molecular flexibility index (Phi) is 5.11. The van der Waals surface area contributed by atoms with Gasteiger partial charge in [-0.1, -0.05) is 97.1 Å². The average molecular weight is 553 g/mol. The molecule has 0 fully saturated rings. The lowest BCUT2D eigenvalue weighted by Crippen LogP contribution is -2.28. The Bertz CT molecular complexity index is 2210. The number of hydrogen-bond donors (Lipinski definition) is 0. The molecule has 1 aliphatic rings. The maximum absolute atomic E-state index is 2.49. The number of aryl methyl sites for hydroxylation is 2. The van der Waals surface area contributed by atoms with Crippen LogP contribution in [0.3, 0.4) is 0 Å². The lowest BCUT2D eigenvalue weighted by molar-refractivity contribution is 0.769. The van der Waals surface area contributed by atoms with E-state index in [4.69, 9.17) is 0 Å². The van der Waals surface area contributed by atoms with Crippen molar-refractivity contribution in [3.8, 4) is 11.1 Å². The van der Waals surface area contributed by atoms with Crippen LogP contribution < -0.4 is 0 Å². The Morgan fingerprint density at radius 2 is 0.814 bits per heavy atom. The van der Waals surface area contributed by atoms with Crippen molar-refractivity contribution in [2.24, 2.45) is 0 Å². The zero-order chi connectivity index (χ0) is 28.7. The minimum absolute atomic E-state index is 0.444. The standard InChI is InChI=1S/C41H32N2/c1-3-42-37-19-11-7-15-31(37)33-25-27(21-23-39(33)42)41(35-17-9-5-13-29(35)30-14-6-10-18-36(30)41)28-22-24-40-34(26-28)32-16-8-12-20-38(32)43(40)4-2/h5-26H,3-4H2,1-2H3. The SMILES string of the molecule is CCn1c2ccccc2c2cc(C3(c4ccc5c(c4)c4ccccc4n5CC)c4ccccc4-c4ccccc43)ccc21. The molecule has 6 aromatic carbocycles. The first kappa shape index (κ1) is 24.5. The van der Waals surface area contributed by atoms with Crippen molar-refractivity contribution in [1.29, 1.82) is 0 Å². The summed E-state index contributed by atoms with van der Waals surface area (Å²) in [7, 11) is 0. The van der Waals surface area contributed by atoms with Gasteiger partial charge in [0.25, 0.3) is 0 Å². The van der Waals surface area contributed by atoms with Gasteiger partial charge < -0.3 is 9.13 Å². The van der Waals surface area contributed by atoms with Crippen molar-refractivity contribution in [1.82, 2.24) is 9.13 Å².